The van der Waals surface area contributed by atoms with E-state index in [-0.39, 0.29) is 17.5 Å². The Morgan fingerprint density at radius 2 is 2.06 bits per heavy atom. The molecule has 1 aromatic rings. The normalized spacial score (nSPS) is 20.8. The van der Waals surface area contributed by atoms with E-state index in [1.165, 1.54) is 0 Å². The molecule has 1 heterocycles. The van der Waals surface area contributed by atoms with E-state index < -0.39 is 0 Å². The van der Waals surface area contributed by atoms with Gasteiger partial charge in [-0.1, -0.05) is 30.3 Å². The van der Waals surface area contributed by atoms with Crippen LogP contribution < -0.4 is 0 Å². The van der Waals surface area contributed by atoms with Gasteiger partial charge in [-0.3, -0.25) is 9.59 Å². The molecule has 0 spiro atoms. The maximum atomic E-state index is 11.9. The molecule has 1 saturated heterocycles. The van der Waals surface area contributed by atoms with E-state index in [9.17, 15) is 9.59 Å². The Kier molecular flexibility index (Phi) is 3.78. The van der Waals surface area contributed by atoms with Gasteiger partial charge in [0.2, 0.25) is 0 Å². The molecule has 0 amide bonds. The van der Waals surface area contributed by atoms with Crippen molar-refractivity contribution >= 4 is 23.3 Å². The Balaban J connectivity index is 2.00. The van der Waals surface area contributed by atoms with Gasteiger partial charge in [0.1, 0.15) is 11.6 Å². The average Bonchev–Trinajstić information content (AvgIpc) is 2.31. The summed E-state index contributed by atoms with van der Waals surface area (Å²) >= 11 is 1.70. The van der Waals surface area contributed by atoms with E-state index in [1.807, 2.05) is 30.3 Å². The van der Waals surface area contributed by atoms with E-state index in [4.69, 9.17) is 0 Å². The lowest BCUT2D eigenvalue weighted by Gasteiger charge is -2.18. The average molecular weight is 234 g/mol. The second-order valence-electron chi connectivity index (χ2n) is 3.97. The van der Waals surface area contributed by atoms with E-state index in [1.54, 1.807) is 11.8 Å². The van der Waals surface area contributed by atoms with Crippen LogP contribution in [-0.2, 0) is 16.0 Å². The lowest BCUT2D eigenvalue weighted by Crippen LogP contribution is -2.31. The summed E-state index contributed by atoms with van der Waals surface area (Å²) in [5.74, 6) is 1.38. The SMILES string of the molecule is O=C1CCSCC1C(=O)Cc1ccccc1. The van der Waals surface area contributed by atoms with E-state index >= 15 is 0 Å². The molecule has 0 aromatic heterocycles. The van der Waals surface area contributed by atoms with Gasteiger partial charge in [0, 0.05) is 24.3 Å². The number of Topliss-reactive ketones (excluding diaryl/α,β-unsaturated/α-hetero) is 2. The molecule has 1 aromatic carbocycles. The van der Waals surface area contributed by atoms with Crippen LogP contribution in [0.25, 0.3) is 0 Å². The molecule has 2 rings (SSSR count). The highest BCUT2D eigenvalue weighted by molar-refractivity contribution is 7.99. The third-order valence-electron chi connectivity index (χ3n) is 2.78. The van der Waals surface area contributed by atoms with Crippen LogP contribution in [0.5, 0.6) is 0 Å². The summed E-state index contributed by atoms with van der Waals surface area (Å²) in [6.45, 7) is 0. The summed E-state index contributed by atoms with van der Waals surface area (Å²) in [4.78, 5) is 23.5. The van der Waals surface area contributed by atoms with Gasteiger partial charge < -0.3 is 0 Å². The van der Waals surface area contributed by atoms with E-state index in [0.717, 1.165) is 11.3 Å². The largest absolute Gasteiger partial charge is 0.299 e. The number of hydrogen-bond acceptors (Lipinski definition) is 3. The molecule has 0 radical (unpaired) electrons. The van der Waals surface area contributed by atoms with Crippen molar-refractivity contribution in [2.45, 2.75) is 12.8 Å². The molecule has 1 aliphatic rings. The van der Waals surface area contributed by atoms with Crippen molar-refractivity contribution in [2.75, 3.05) is 11.5 Å². The zero-order chi connectivity index (χ0) is 11.4. The number of thioether (sulfide) groups is 1. The lowest BCUT2D eigenvalue weighted by molar-refractivity contribution is -0.131. The van der Waals surface area contributed by atoms with Crippen LogP contribution in [0, 0.1) is 5.92 Å². The summed E-state index contributed by atoms with van der Waals surface area (Å²) < 4.78 is 0. The van der Waals surface area contributed by atoms with Gasteiger partial charge >= 0.3 is 0 Å². The molecule has 0 saturated carbocycles. The Morgan fingerprint density at radius 1 is 1.31 bits per heavy atom. The third-order valence-corrected chi connectivity index (χ3v) is 3.84. The summed E-state index contributed by atoms with van der Waals surface area (Å²) in [6.07, 6.45) is 0.938. The molecule has 84 valence electrons. The minimum absolute atomic E-state index is 0.0726. The molecule has 16 heavy (non-hydrogen) atoms. The Labute approximate surface area is 99.4 Å². The minimum Gasteiger partial charge on any atom is -0.299 e. The second kappa shape index (κ2) is 5.30. The highest BCUT2D eigenvalue weighted by atomic mass is 32.2. The van der Waals surface area contributed by atoms with Gasteiger partial charge in [-0.25, -0.2) is 0 Å². The van der Waals surface area contributed by atoms with Crippen LogP contribution in [0.15, 0.2) is 30.3 Å². The smallest absolute Gasteiger partial charge is 0.148 e. The number of benzene rings is 1. The van der Waals surface area contributed by atoms with Crippen molar-refractivity contribution in [1.82, 2.24) is 0 Å². The molecule has 0 bridgehead atoms. The lowest BCUT2D eigenvalue weighted by atomic mass is 9.94. The van der Waals surface area contributed by atoms with Gasteiger partial charge in [0.05, 0.1) is 5.92 Å². The number of rotatable bonds is 3. The van der Waals surface area contributed by atoms with Crippen LogP contribution in [-0.4, -0.2) is 23.1 Å². The monoisotopic (exact) mass is 234 g/mol. The Morgan fingerprint density at radius 3 is 2.75 bits per heavy atom. The van der Waals surface area contributed by atoms with Crippen molar-refractivity contribution in [1.29, 1.82) is 0 Å². The van der Waals surface area contributed by atoms with E-state index in [0.29, 0.717) is 18.6 Å². The molecular weight excluding hydrogens is 220 g/mol. The molecule has 0 aliphatic carbocycles. The summed E-state index contributed by atoms with van der Waals surface area (Å²) in [6, 6.07) is 9.62. The van der Waals surface area contributed by atoms with Crippen LogP contribution in [0.1, 0.15) is 12.0 Å². The first-order chi connectivity index (χ1) is 7.77. The fourth-order valence-electron chi connectivity index (χ4n) is 1.83. The van der Waals surface area contributed by atoms with Crippen molar-refractivity contribution in [3.63, 3.8) is 0 Å². The Bertz CT molecular complexity index is 386. The summed E-state index contributed by atoms with van der Waals surface area (Å²) in [5, 5.41) is 0. The minimum atomic E-state index is -0.362. The zero-order valence-electron chi connectivity index (χ0n) is 9.02. The molecule has 0 N–H and O–H groups in total. The topological polar surface area (TPSA) is 34.1 Å². The Hall–Kier alpha value is -1.09. The highest BCUT2D eigenvalue weighted by Gasteiger charge is 2.28. The van der Waals surface area contributed by atoms with Gasteiger partial charge in [0.25, 0.3) is 0 Å². The number of hydrogen-bond donors (Lipinski definition) is 0. The van der Waals surface area contributed by atoms with Crippen molar-refractivity contribution < 1.29 is 9.59 Å². The highest BCUT2D eigenvalue weighted by Crippen LogP contribution is 2.21. The first kappa shape index (κ1) is 11.4. The number of carbonyl (C=O) groups is 2. The fraction of sp³-hybridized carbons (Fsp3) is 0.385. The zero-order valence-corrected chi connectivity index (χ0v) is 9.83. The first-order valence-electron chi connectivity index (χ1n) is 5.44. The van der Waals surface area contributed by atoms with Gasteiger partial charge in [-0.05, 0) is 5.56 Å². The quantitative estimate of drug-likeness (QED) is 0.751. The van der Waals surface area contributed by atoms with Gasteiger partial charge in [-0.2, -0.15) is 11.8 Å². The van der Waals surface area contributed by atoms with Crippen LogP contribution in [0.2, 0.25) is 0 Å². The second-order valence-corrected chi connectivity index (χ2v) is 5.12. The van der Waals surface area contributed by atoms with Crippen molar-refractivity contribution in [3.05, 3.63) is 35.9 Å². The van der Waals surface area contributed by atoms with Gasteiger partial charge in [0.15, 0.2) is 0 Å². The fourth-order valence-corrected chi connectivity index (χ4v) is 2.95. The number of ketones is 2. The van der Waals surface area contributed by atoms with Crippen LogP contribution in [0.3, 0.4) is 0 Å². The van der Waals surface area contributed by atoms with Crippen molar-refractivity contribution in [3.8, 4) is 0 Å². The maximum Gasteiger partial charge on any atom is 0.148 e. The molecule has 1 fully saturated rings. The third kappa shape index (κ3) is 2.73. The maximum absolute atomic E-state index is 11.9. The molecule has 1 unspecified atom stereocenters. The molecule has 2 nitrogen and oxygen atoms in total. The van der Waals surface area contributed by atoms with Crippen molar-refractivity contribution in [2.24, 2.45) is 5.92 Å². The van der Waals surface area contributed by atoms with E-state index in [2.05, 4.69) is 0 Å². The summed E-state index contributed by atoms with van der Waals surface area (Å²) in [5.41, 5.74) is 0.996. The summed E-state index contributed by atoms with van der Waals surface area (Å²) in [7, 11) is 0. The molecular formula is C13H14O2S. The predicted molar refractivity (Wildman–Crippen MR) is 65.6 cm³/mol. The van der Waals surface area contributed by atoms with Gasteiger partial charge in [-0.15, -0.1) is 0 Å². The van der Waals surface area contributed by atoms with Crippen LogP contribution >= 0.6 is 11.8 Å². The molecule has 1 aliphatic heterocycles. The molecule has 3 heteroatoms. The standard InChI is InChI=1S/C13H14O2S/c14-12-6-7-16-9-11(12)13(15)8-10-4-2-1-3-5-10/h1-5,11H,6-9H2. The first-order valence-corrected chi connectivity index (χ1v) is 6.60. The number of carbonyl (C=O) groups excluding carboxylic acids is 2. The predicted octanol–water partition coefficient (Wildman–Crippen LogP) is 2.12. The van der Waals surface area contributed by atoms with Crippen LogP contribution in [0.4, 0.5) is 0 Å². The molecule has 1 atom stereocenters.